The van der Waals surface area contributed by atoms with E-state index in [2.05, 4.69) is 0 Å². The number of hydrogen-bond donors (Lipinski definition) is 4. The first-order valence-electron chi connectivity index (χ1n) is 14.4. The highest BCUT2D eigenvalue weighted by molar-refractivity contribution is 5.55. The van der Waals surface area contributed by atoms with Crippen LogP contribution in [0.2, 0.25) is 0 Å². The van der Waals surface area contributed by atoms with Crippen LogP contribution >= 0.6 is 0 Å². The van der Waals surface area contributed by atoms with Crippen LogP contribution in [0.15, 0.2) is 72.8 Å². The molecule has 0 heterocycles. The molecule has 0 radical (unpaired) electrons. The minimum Gasteiger partial charge on any atom is -0.493 e. The summed E-state index contributed by atoms with van der Waals surface area (Å²) in [7, 11) is 3.22. The number of nitrogens with two attached hydrogens (primary N) is 4. The Balaban J connectivity index is 1.74. The fourth-order valence-electron chi connectivity index (χ4n) is 4.67. The fourth-order valence-corrected chi connectivity index (χ4v) is 4.67. The lowest BCUT2D eigenvalue weighted by Gasteiger charge is -2.19. The normalized spacial score (nSPS) is 10.8. The van der Waals surface area contributed by atoms with E-state index in [1.807, 2.05) is 72.8 Å². The maximum absolute atomic E-state index is 6.55. The molecule has 0 aliphatic rings. The van der Waals surface area contributed by atoms with Gasteiger partial charge >= 0.3 is 0 Å². The standard InChI is InChI=1S/C34H42N4O5/c1-39-27-7-3-24(12-16-36)20-32(27)42-29-9-5-26(14-18-38)22-34(29)43-30-10-6-25(13-17-37)21-33(30)41-28-8-4-23(11-15-35)19-31(28)40-2/h3-10,19-22H,11-18,35-38H2,1-2H3. The highest BCUT2D eigenvalue weighted by atomic mass is 16.6. The number of ether oxygens (including phenoxy) is 5. The van der Waals surface area contributed by atoms with Gasteiger partial charge in [0.1, 0.15) is 0 Å². The Kier molecular flexibility index (Phi) is 11.6. The molecule has 0 saturated carbocycles. The molecule has 0 spiro atoms. The molecule has 0 atom stereocenters. The van der Waals surface area contributed by atoms with Gasteiger partial charge in [-0.3, -0.25) is 0 Å². The third-order valence-electron chi connectivity index (χ3n) is 6.86. The van der Waals surface area contributed by atoms with Crippen LogP contribution in [-0.2, 0) is 25.7 Å². The summed E-state index contributed by atoms with van der Waals surface area (Å²) in [5.41, 5.74) is 27.4. The summed E-state index contributed by atoms with van der Waals surface area (Å²) in [6.07, 6.45) is 2.81. The number of hydrogen-bond acceptors (Lipinski definition) is 9. The highest BCUT2D eigenvalue weighted by Gasteiger charge is 2.17. The van der Waals surface area contributed by atoms with Crippen molar-refractivity contribution in [1.29, 1.82) is 0 Å². The molecule has 228 valence electrons. The van der Waals surface area contributed by atoms with E-state index in [0.717, 1.165) is 28.7 Å². The van der Waals surface area contributed by atoms with Gasteiger partial charge in [0.05, 0.1) is 14.2 Å². The first kappa shape index (κ1) is 31.7. The van der Waals surface area contributed by atoms with Crippen molar-refractivity contribution in [3.05, 3.63) is 95.1 Å². The molecule has 43 heavy (non-hydrogen) atoms. The maximum atomic E-state index is 6.55. The fraction of sp³-hybridized carbons (Fsp3) is 0.294. The van der Waals surface area contributed by atoms with Gasteiger partial charge in [-0.05, 0) is 123 Å². The van der Waals surface area contributed by atoms with E-state index in [0.29, 0.717) is 91.4 Å². The van der Waals surface area contributed by atoms with E-state index >= 15 is 0 Å². The molecule has 4 rings (SSSR count). The molecule has 4 aromatic carbocycles. The monoisotopic (exact) mass is 586 g/mol. The zero-order valence-corrected chi connectivity index (χ0v) is 24.9. The Hall–Kier alpha value is -4.28. The van der Waals surface area contributed by atoms with E-state index in [1.54, 1.807) is 14.2 Å². The molecule has 0 fully saturated rings. The number of benzene rings is 4. The van der Waals surface area contributed by atoms with Crippen molar-refractivity contribution < 1.29 is 23.7 Å². The Morgan fingerprint density at radius 1 is 0.372 bits per heavy atom. The molecule has 0 saturated heterocycles. The summed E-state index contributed by atoms with van der Waals surface area (Å²) in [6.45, 7) is 2.06. The summed E-state index contributed by atoms with van der Waals surface area (Å²) in [5.74, 6) is 4.30. The zero-order chi connectivity index (χ0) is 30.6. The van der Waals surface area contributed by atoms with Gasteiger partial charge in [0, 0.05) is 0 Å². The van der Waals surface area contributed by atoms with Crippen LogP contribution in [0.25, 0.3) is 0 Å². The smallest absolute Gasteiger partial charge is 0.170 e. The van der Waals surface area contributed by atoms with E-state index in [9.17, 15) is 0 Å². The molecule has 0 aliphatic heterocycles. The average Bonchev–Trinajstić information content (AvgIpc) is 3.01. The first-order valence-corrected chi connectivity index (χ1v) is 14.4. The van der Waals surface area contributed by atoms with Gasteiger partial charge in [-0.2, -0.15) is 0 Å². The van der Waals surface area contributed by atoms with Crippen LogP contribution in [0, 0.1) is 0 Å². The zero-order valence-electron chi connectivity index (χ0n) is 24.9. The number of methoxy groups -OCH3 is 2. The van der Waals surface area contributed by atoms with Crippen molar-refractivity contribution in [2.24, 2.45) is 22.9 Å². The van der Waals surface area contributed by atoms with Crippen molar-refractivity contribution in [3.8, 4) is 46.0 Å². The predicted octanol–water partition coefficient (Wildman–Crippen LogP) is 5.09. The summed E-state index contributed by atoms with van der Waals surface area (Å²) >= 11 is 0. The van der Waals surface area contributed by atoms with Crippen molar-refractivity contribution in [1.82, 2.24) is 0 Å². The van der Waals surface area contributed by atoms with Gasteiger partial charge in [0.25, 0.3) is 0 Å². The van der Waals surface area contributed by atoms with Crippen molar-refractivity contribution in [2.75, 3.05) is 40.4 Å². The second-order valence-electron chi connectivity index (χ2n) is 9.99. The minimum absolute atomic E-state index is 0.493. The Bertz CT molecular complexity index is 1490. The molecule has 0 unspecified atom stereocenters. The largest absolute Gasteiger partial charge is 0.493 e. The van der Waals surface area contributed by atoms with Gasteiger partial charge < -0.3 is 46.6 Å². The maximum Gasteiger partial charge on any atom is 0.170 e. The molecule has 0 bridgehead atoms. The summed E-state index contributed by atoms with van der Waals surface area (Å²) in [5, 5.41) is 0. The predicted molar refractivity (Wildman–Crippen MR) is 170 cm³/mol. The third-order valence-corrected chi connectivity index (χ3v) is 6.86. The topological polar surface area (TPSA) is 150 Å². The Morgan fingerprint density at radius 3 is 0.977 bits per heavy atom. The first-order chi connectivity index (χ1) is 21.0. The third kappa shape index (κ3) is 8.39. The van der Waals surface area contributed by atoms with Crippen LogP contribution in [0.1, 0.15) is 22.3 Å². The van der Waals surface area contributed by atoms with Gasteiger partial charge in [0.15, 0.2) is 46.0 Å². The molecule has 4 aromatic rings. The Labute approximate surface area is 253 Å². The minimum atomic E-state index is 0.493. The van der Waals surface area contributed by atoms with Crippen molar-refractivity contribution >= 4 is 0 Å². The lowest BCUT2D eigenvalue weighted by Crippen LogP contribution is -2.05. The Morgan fingerprint density at radius 2 is 0.651 bits per heavy atom. The van der Waals surface area contributed by atoms with Crippen LogP contribution in [-0.4, -0.2) is 40.4 Å². The molecule has 0 aliphatic carbocycles. The van der Waals surface area contributed by atoms with Crippen molar-refractivity contribution in [3.63, 3.8) is 0 Å². The summed E-state index contributed by atoms with van der Waals surface area (Å²) in [6, 6.07) is 23.1. The van der Waals surface area contributed by atoms with Gasteiger partial charge in [-0.1, -0.05) is 24.3 Å². The molecule has 0 amide bonds. The van der Waals surface area contributed by atoms with E-state index in [-0.39, 0.29) is 0 Å². The van der Waals surface area contributed by atoms with Crippen LogP contribution in [0.4, 0.5) is 0 Å². The van der Waals surface area contributed by atoms with Gasteiger partial charge in [-0.25, -0.2) is 0 Å². The van der Waals surface area contributed by atoms with E-state index in [1.165, 1.54) is 0 Å². The average molecular weight is 587 g/mol. The highest BCUT2D eigenvalue weighted by Crippen LogP contribution is 2.43. The van der Waals surface area contributed by atoms with Gasteiger partial charge in [0.2, 0.25) is 0 Å². The molecular weight excluding hydrogens is 544 g/mol. The number of rotatable bonds is 16. The second-order valence-corrected chi connectivity index (χ2v) is 9.99. The molecule has 8 N–H and O–H groups in total. The molecular formula is C34H42N4O5. The molecule has 9 heteroatoms. The quantitative estimate of drug-likeness (QED) is 0.141. The molecule has 0 aromatic heterocycles. The SMILES string of the molecule is COc1cc(CCN)ccc1Oc1cc(CCN)ccc1Oc1cc(CCN)ccc1Oc1cc(CCN)ccc1OC. The van der Waals surface area contributed by atoms with Crippen molar-refractivity contribution in [2.45, 2.75) is 25.7 Å². The second kappa shape index (κ2) is 15.8. The molecule has 9 nitrogen and oxygen atoms in total. The lowest BCUT2D eigenvalue weighted by molar-refractivity contribution is 0.357. The van der Waals surface area contributed by atoms with E-state index < -0.39 is 0 Å². The van der Waals surface area contributed by atoms with Crippen LogP contribution in [0.3, 0.4) is 0 Å². The van der Waals surface area contributed by atoms with Crippen LogP contribution < -0.4 is 46.6 Å². The lowest BCUT2D eigenvalue weighted by atomic mass is 10.1. The summed E-state index contributed by atoms with van der Waals surface area (Å²) in [4.78, 5) is 0. The van der Waals surface area contributed by atoms with E-state index in [4.69, 9.17) is 46.6 Å². The van der Waals surface area contributed by atoms with Crippen LogP contribution in [0.5, 0.6) is 46.0 Å². The van der Waals surface area contributed by atoms with Gasteiger partial charge in [-0.15, -0.1) is 0 Å². The summed E-state index contributed by atoms with van der Waals surface area (Å²) < 4.78 is 30.6.